The lowest BCUT2D eigenvalue weighted by Crippen LogP contribution is -2.39. The van der Waals surface area contributed by atoms with Gasteiger partial charge in [0, 0.05) is 11.4 Å². The molecule has 6 nitrogen and oxygen atoms in total. The van der Waals surface area contributed by atoms with Gasteiger partial charge in [-0.3, -0.25) is 4.79 Å². The van der Waals surface area contributed by atoms with E-state index in [4.69, 9.17) is 0 Å². The third-order valence-corrected chi connectivity index (χ3v) is 4.94. The summed E-state index contributed by atoms with van der Waals surface area (Å²) in [5, 5.41) is 9.24. The van der Waals surface area contributed by atoms with Gasteiger partial charge in [0.25, 0.3) is 5.82 Å². The van der Waals surface area contributed by atoms with Crippen LogP contribution in [0.25, 0.3) is 0 Å². The monoisotopic (exact) mass is 413 g/mol. The fraction of sp³-hybridized carbons (Fsp3) is 0.190. The van der Waals surface area contributed by atoms with Crippen LogP contribution in [0.15, 0.2) is 66.9 Å². The summed E-state index contributed by atoms with van der Waals surface area (Å²) in [5.74, 6) is -2.72. The molecule has 30 heavy (non-hydrogen) atoms. The molecule has 0 spiro atoms. The van der Waals surface area contributed by atoms with Gasteiger partial charge in [-0.25, -0.2) is 4.68 Å². The molecule has 0 saturated carbocycles. The van der Waals surface area contributed by atoms with E-state index >= 15 is 0 Å². The average Bonchev–Trinajstić information content (AvgIpc) is 3.13. The average molecular weight is 413 g/mol. The number of halogens is 3. The first kappa shape index (κ1) is 19.7. The summed E-state index contributed by atoms with van der Waals surface area (Å²) in [6.45, 7) is 5.74. The number of carbonyl (C=O) groups is 1. The second-order valence-electron chi connectivity index (χ2n) is 6.99. The molecule has 0 bridgehead atoms. The van der Waals surface area contributed by atoms with Gasteiger partial charge in [-0.15, -0.1) is 5.10 Å². The predicted molar refractivity (Wildman–Crippen MR) is 106 cm³/mol. The molecule has 4 rings (SSSR count). The van der Waals surface area contributed by atoms with Crippen LogP contribution in [0.3, 0.4) is 0 Å². The van der Waals surface area contributed by atoms with Crippen LogP contribution in [0.4, 0.5) is 24.8 Å². The lowest BCUT2D eigenvalue weighted by Gasteiger charge is -2.33. The summed E-state index contributed by atoms with van der Waals surface area (Å²) in [5.41, 5.74) is 2.33. The third kappa shape index (κ3) is 3.54. The molecule has 0 unspecified atom stereocenters. The van der Waals surface area contributed by atoms with E-state index in [1.807, 2.05) is 19.1 Å². The second kappa shape index (κ2) is 7.33. The summed E-state index contributed by atoms with van der Waals surface area (Å²) >= 11 is 0. The molecule has 0 radical (unpaired) electrons. The number of fused-ring (bicyclic) bond motifs is 1. The Balaban J connectivity index is 1.79. The van der Waals surface area contributed by atoms with Gasteiger partial charge in [0.05, 0.1) is 6.04 Å². The molecule has 3 aromatic rings. The van der Waals surface area contributed by atoms with E-state index in [9.17, 15) is 18.0 Å². The first-order valence-electron chi connectivity index (χ1n) is 9.16. The van der Waals surface area contributed by atoms with Crippen LogP contribution in [0.1, 0.15) is 23.0 Å². The van der Waals surface area contributed by atoms with E-state index in [0.717, 1.165) is 10.2 Å². The molecule has 154 valence electrons. The molecule has 1 amide bonds. The largest absolute Gasteiger partial charge is 0.453 e. The minimum absolute atomic E-state index is 0.110. The Morgan fingerprint density at radius 3 is 2.47 bits per heavy atom. The smallest absolute Gasteiger partial charge is 0.328 e. The number of nitrogens with one attached hydrogen (secondary N) is 2. The topological polar surface area (TPSA) is 71.8 Å². The van der Waals surface area contributed by atoms with Crippen molar-refractivity contribution in [2.45, 2.75) is 19.1 Å². The molecule has 1 aromatic heterocycles. The maximum absolute atomic E-state index is 13.2. The number of aromatic nitrogens is 3. The SMILES string of the molecule is C=C1Nc2nc(C(F)(F)F)nn2[C@@H](c2ccccc2)[C@@H]1C(=O)Nc1ccccc1C. The number of rotatable bonds is 3. The number of nitrogens with zero attached hydrogens (tertiary/aromatic N) is 3. The lowest BCUT2D eigenvalue weighted by molar-refractivity contribution is -0.145. The zero-order valence-corrected chi connectivity index (χ0v) is 15.9. The summed E-state index contributed by atoms with van der Waals surface area (Å²) in [4.78, 5) is 16.8. The molecule has 2 atom stereocenters. The van der Waals surface area contributed by atoms with Crippen LogP contribution in [0, 0.1) is 12.8 Å². The second-order valence-corrected chi connectivity index (χ2v) is 6.99. The van der Waals surface area contributed by atoms with Crippen molar-refractivity contribution in [2.75, 3.05) is 10.6 Å². The Labute approximate surface area is 170 Å². The number of anilines is 2. The van der Waals surface area contributed by atoms with Crippen molar-refractivity contribution in [1.82, 2.24) is 14.8 Å². The summed E-state index contributed by atoms with van der Waals surface area (Å²) in [7, 11) is 0. The maximum atomic E-state index is 13.2. The molecule has 1 aliphatic rings. The van der Waals surface area contributed by atoms with Gasteiger partial charge in [0.15, 0.2) is 0 Å². The molecule has 2 aromatic carbocycles. The Bertz CT molecular complexity index is 1110. The number of alkyl halides is 3. The number of aryl methyl sites for hydroxylation is 1. The van der Waals surface area contributed by atoms with E-state index in [1.165, 1.54) is 0 Å². The van der Waals surface area contributed by atoms with Gasteiger partial charge >= 0.3 is 6.18 Å². The van der Waals surface area contributed by atoms with Crippen molar-refractivity contribution in [1.29, 1.82) is 0 Å². The molecular weight excluding hydrogens is 395 g/mol. The first-order chi connectivity index (χ1) is 14.3. The summed E-state index contributed by atoms with van der Waals surface area (Å²) in [6.07, 6.45) is -4.71. The van der Waals surface area contributed by atoms with E-state index in [1.54, 1.807) is 42.5 Å². The standard InChI is InChI=1S/C21H18F3N5O/c1-12-8-6-7-11-15(12)26-18(30)16-13(2)25-20-27-19(21(22,23)24)28-29(20)17(16)14-9-4-3-5-10-14/h3-11,16-17H,2H2,1H3,(H,26,30)(H,25,27,28)/t16-,17+/m1/s1. The number of amides is 1. The zero-order valence-electron chi connectivity index (χ0n) is 15.9. The predicted octanol–water partition coefficient (Wildman–Crippen LogP) is 4.39. The van der Waals surface area contributed by atoms with Crippen LogP contribution in [0.5, 0.6) is 0 Å². The zero-order chi connectivity index (χ0) is 21.5. The summed E-state index contributed by atoms with van der Waals surface area (Å²) in [6, 6.07) is 15.1. The van der Waals surface area contributed by atoms with Crippen molar-refractivity contribution in [3.8, 4) is 0 Å². The van der Waals surface area contributed by atoms with Crippen LogP contribution in [-0.2, 0) is 11.0 Å². The van der Waals surface area contributed by atoms with Crippen molar-refractivity contribution in [2.24, 2.45) is 5.92 Å². The number of benzene rings is 2. The fourth-order valence-electron chi connectivity index (χ4n) is 3.48. The molecule has 0 fully saturated rings. The number of hydrogen-bond acceptors (Lipinski definition) is 4. The minimum Gasteiger partial charge on any atom is -0.328 e. The van der Waals surface area contributed by atoms with Crippen molar-refractivity contribution >= 4 is 17.5 Å². The molecular formula is C21H18F3N5O. The van der Waals surface area contributed by atoms with E-state index in [2.05, 4.69) is 27.3 Å². The Morgan fingerprint density at radius 1 is 1.13 bits per heavy atom. The number of para-hydroxylation sites is 1. The van der Waals surface area contributed by atoms with Gasteiger partial charge in [0.1, 0.15) is 5.92 Å². The van der Waals surface area contributed by atoms with Gasteiger partial charge in [0.2, 0.25) is 11.9 Å². The molecule has 0 aliphatic carbocycles. The maximum Gasteiger partial charge on any atom is 0.453 e. The molecule has 0 saturated heterocycles. The van der Waals surface area contributed by atoms with Gasteiger partial charge in [-0.05, 0) is 24.1 Å². The summed E-state index contributed by atoms with van der Waals surface area (Å²) < 4.78 is 40.8. The molecule has 1 aliphatic heterocycles. The van der Waals surface area contributed by atoms with Crippen LogP contribution in [0.2, 0.25) is 0 Å². The highest BCUT2D eigenvalue weighted by atomic mass is 19.4. The first-order valence-corrected chi connectivity index (χ1v) is 9.16. The molecule has 9 heteroatoms. The normalized spacial score (nSPS) is 18.5. The van der Waals surface area contributed by atoms with Crippen LogP contribution < -0.4 is 10.6 Å². The third-order valence-electron chi connectivity index (χ3n) is 4.94. The van der Waals surface area contributed by atoms with Crippen molar-refractivity contribution < 1.29 is 18.0 Å². The van der Waals surface area contributed by atoms with E-state index < -0.39 is 29.9 Å². The lowest BCUT2D eigenvalue weighted by atomic mass is 9.88. The molecule has 2 heterocycles. The van der Waals surface area contributed by atoms with Gasteiger partial charge in [-0.1, -0.05) is 55.1 Å². The Hall–Kier alpha value is -3.62. The number of carbonyl (C=O) groups excluding carboxylic acids is 1. The Kier molecular flexibility index (Phi) is 4.81. The van der Waals surface area contributed by atoms with Gasteiger partial charge < -0.3 is 10.6 Å². The molecule has 2 N–H and O–H groups in total. The van der Waals surface area contributed by atoms with Crippen molar-refractivity contribution in [3.63, 3.8) is 0 Å². The highest BCUT2D eigenvalue weighted by molar-refractivity contribution is 5.96. The minimum atomic E-state index is -4.71. The van der Waals surface area contributed by atoms with Gasteiger partial charge in [-0.2, -0.15) is 18.2 Å². The van der Waals surface area contributed by atoms with E-state index in [-0.39, 0.29) is 11.6 Å². The van der Waals surface area contributed by atoms with E-state index in [0.29, 0.717) is 11.3 Å². The number of hydrogen-bond donors (Lipinski definition) is 2. The van der Waals surface area contributed by atoms with Crippen molar-refractivity contribution in [3.05, 3.63) is 83.8 Å². The highest BCUT2D eigenvalue weighted by Crippen LogP contribution is 2.40. The van der Waals surface area contributed by atoms with Crippen LogP contribution >= 0.6 is 0 Å². The quantitative estimate of drug-likeness (QED) is 0.668. The van der Waals surface area contributed by atoms with Crippen LogP contribution in [-0.4, -0.2) is 20.7 Å². The Morgan fingerprint density at radius 2 is 1.80 bits per heavy atom. The fourth-order valence-corrected chi connectivity index (χ4v) is 3.48. The highest BCUT2D eigenvalue weighted by Gasteiger charge is 2.44.